The van der Waals surface area contributed by atoms with Gasteiger partial charge in [0, 0.05) is 12.0 Å². The molecule has 0 N–H and O–H groups in total. The number of hydrogen-bond donors (Lipinski definition) is 0. The maximum absolute atomic E-state index is 12.9. The standard InChI is InChI=1S/C13H13F3O/c14-10-6-9(7-11(15)13(10)16)12(17)5-8-3-1-2-4-8/h6-8H,1-5H2. The highest BCUT2D eigenvalue weighted by Gasteiger charge is 2.21. The average Bonchev–Trinajstić information content (AvgIpc) is 2.77. The smallest absolute Gasteiger partial charge is 0.194 e. The molecule has 0 atom stereocenters. The van der Waals surface area contributed by atoms with E-state index in [2.05, 4.69) is 0 Å². The fraction of sp³-hybridized carbons (Fsp3) is 0.462. The summed E-state index contributed by atoms with van der Waals surface area (Å²) in [5, 5.41) is 0. The van der Waals surface area contributed by atoms with Gasteiger partial charge < -0.3 is 0 Å². The molecule has 0 unspecified atom stereocenters. The second-order valence-corrected chi connectivity index (χ2v) is 4.53. The van der Waals surface area contributed by atoms with Crippen LogP contribution in [0.1, 0.15) is 42.5 Å². The third kappa shape index (κ3) is 2.68. The summed E-state index contributed by atoms with van der Waals surface area (Å²) in [6, 6.07) is 1.55. The Morgan fingerprint density at radius 2 is 1.65 bits per heavy atom. The number of carbonyl (C=O) groups excluding carboxylic acids is 1. The van der Waals surface area contributed by atoms with Crippen molar-refractivity contribution >= 4 is 5.78 Å². The molecule has 0 heterocycles. The van der Waals surface area contributed by atoms with E-state index in [-0.39, 0.29) is 11.3 Å². The van der Waals surface area contributed by atoms with Crippen LogP contribution >= 0.6 is 0 Å². The van der Waals surface area contributed by atoms with E-state index in [0.717, 1.165) is 37.8 Å². The van der Waals surface area contributed by atoms with Crippen LogP contribution in [0, 0.1) is 23.4 Å². The van der Waals surface area contributed by atoms with Crippen molar-refractivity contribution in [2.24, 2.45) is 5.92 Å². The minimum Gasteiger partial charge on any atom is -0.294 e. The third-order valence-corrected chi connectivity index (χ3v) is 3.25. The number of Topliss-reactive ketones (excluding diaryl/α,β-unsaturated/α-hetero) is 1. The molecule has 2 rings (SSSR count). The van der Waals surface area contributed by atoms with Gasteiger partial charge in [-0.15, -0.1) is 0 Å². The van der Waals surface area contributed by atoms with Gasteiger partial charge in [0.15, 0.2) is 23.2 Å². The molecule has 1 aromatic rings. The molecule has 1 aliphatic carbocycles. The van der Waals surface area contributed by atoms with Gasteiger partial charge in [0.2, 0.25) is 0 Å². The molecule has 0 bridgehead atoms. The van der Waals surface area contributed by atoms with Crippen LogP contribution in [0.4, 0.5) is 13.2 Å². The SMILES string of the molecule is O=C(CC1CCCC1)c1cc(F)c(F)c(F)c1. The van der Waals surface area contributed by atoms with E-state index in [1.807, 2.05) is 0 Å². The fourth-order valence-corrected chi connectivity index (χ4v) is 2.31. The lowest BCUT2D eigenvalue weighted by atomic mass is 9.97. The highest BCUT2D eigenvalue weighted by Crippen LogP contribution is 2.29. The lowest BCUT2D eigenvalue weighted by Gasteiger charge is -2.08. The molecular weight excluding hydrogens is 229 g/mol. The van der Waals surface area contributed by atoms with Gasteiger partial charge in [-0.1, -0.05) is 25.7 Å². The number of rotatable bonds is 3. The second kappa shape index (κ2) is 4.90. The number of carbonyl (C=O) groups is 1. The first-order valence-electron chi connectivity index (χ1n) is 5.75. The summed E-state index contributed by atoms with van der Waals surface area (Å²) in [6.45, 7) is 0. The molecule has 92 valence electrons. The lowest BCUT2D eigenvalue weighted by Crippen LogP contribution is -2.07. The minimum absolute atomic E-state index is 0.0756. The van der Waals surface area contributed by atoms with Crippen molar-refractivity contribution in [3.63, 3.8) is 0 Å². The van der Waals surface area contributed by atoms with Gasteiger partial charge in [0.05, 0.1) is 0 Å². The molecule has 0 amide bonds. The monoisotopic (exact) mass is 242 g/mol. The molecule has 1 nitrogen and oxygen atoms in total. The third-order valence-electron chi connectivity index (χ3n) is 3.25. The first-order chi connectivity index (χ1) is 8.08. The quantitative estimate of drug-likeness (QED) is 0.581. The van der Waals surface area contributed by atoms with Crippen LogP contribution in [0.2, 0.25) is 0 Å². The molecular formula is C13H13F3O. The molecule has 0 radical (unpaired) electrons. The normalized spacial score (nSPS) is 16.4. The van der Waals surface area contributed by atoms with Crippen molar-refractivity contribution < 1.29 is 18.0 Å². The molecule has 1 fully saturated rings. The molecule has 1 aliphatic rings. The Morgan fingerprint density at radius 1 is 1.12 bits per heavy atom. The van der Waals surface area contributed by atoms with Crippen LogP contribution in [0.5, 0.6) is 0 Å². The van der Waals surface area contributed by atoms with Crippen molar-refractivity contribution in [2.45, 2.75) is 32.1 Å². The van der Waals surface area contributed by atoms with E-state index in [0.29, 0.717) is 12.3 Å². The summed E-state index contributed by atoms with van der Waals surface area (Å²) < 4.78 is 38.6. The molecule has 0 aliphatic heterocycles. The van der Waals surface area contributed by atoms with Crippen LogP contribution in [0.25, 0.3) is 0 Å². The van der Waals surface area contributed by atoms with E-state index in [9.17, 15) is 18.0 Å². The first kappa shape index (κ1) is 12.1. The van der Waals surface area contributed by atoms with Gasteiger partial charge in [-0.25, -0.2) is 13.2 Å². The van der Waals surface area contributed by atoms with Crippen molar-refractivity contribution in [3.05, 3.63) is 35.1 Å². The van der Waals surface area contributed by atoms with Crippen molar-refractivity contribution in [1.29, 1.82) is 0 Å². The molecule has 1 aromatic carbocycles. The summed E-state index contributed by atoms with van der Waals surface area (Å²) in [4.78, 5) is 11.8. The zero-order valence-electron chi connectivity index (χ0n) is 9.31. The highest BCUT2D eigenvalue weighted by atomic mass is 19.2. The molecule has 17 heavy (non-hydrogen) atoms. The Kier molecular flexibility index (Phi) is 3.50. The van der Waals surface area contributed by atoms with Gasteiger partial charge in [-0.2, -0.15) is 0 Å². The zero-order valence-corrected chi connectivity index (χ0v) is 9.31. The Bertz CT molecular complexity index is 413. The Morgan fingerprint density at radius 3 is 2.18 bits per heavy atom. The van der Waals surface area contributed by atoms with Gasteiger partial charge in [0.25, 0.3) is 0 Å². The summed E-state index contributed by atoms with van der Waals surface area (Å²) in [6.07, 6.45) is 4.47. The van der Waals surface area contributed by atoms with E-state index in [4.69, 9.17) is 0 Å². The first-order valence-corrected chi connectivity index (χ1v) is 5.75. The van der Waals surface area contributed by atoms with Gasteiger partial charge in [-0.3, -0.25) is 4.79 Å². The van der Waals surface area contributed by atoms with Crippen LogP contribution in [0.15, 0.2) is 12.1 Å². The van der Waals surface area contributed by atoms with Crippen molar-refractivity contribution in [1.82, 2.24) is 0 Å². The van der Waals surface area contributed by atoms with Gasteiger partial charge in [0.1, 0.15) is 0 Å². The average molecular weight is 242 g/mol. The molecule has 0 saturated heterocycles. The summed E-state index contributed by atoms with van der Waals surface area (Å²) in [5.41, 5.74) is -0.0756. The largest absolute Gasteiger partial charge is 0.294 e. The predicted molar refractivity (Wildman–Crippen MR) is 57.2 cm³/mol. The van der Waals surface area contributed by atoms with Gasteiger partial charge >= 0.3 is 0 Å². The molecule has 1 saturated carbocycles. The maximum atomic E-state index is 12.9. The van der Waals surface area contributed by atoms with Crippen LogP contribution in [-0.4, -0.2) is 5.78 Å². The van der Waals surface area contributed by atoms with Crippen LogP contribution < -0.4 is 0 Å². The molecule has 0 spiro atoms. The maximum Gasteiger partial charge on any atom is 0.194 e. The number of ketones is 1. The Labute approximate surface area is 97.6 Å². The summed E-state index contributed by atoms with van der Waals surface area (Å²) in [5.74, 6) is -4.14. The summed E-state index contributed by atoms with van der Waals surface area (Å²) in [7, 11) is 0. The van der Waals surface area contributed by atoms with E-state index in [1.54, 1.807) is 0 Å². The van der Waals surface area contributed by atoms with E-state index < -0.39 is 17.5 Å². The highest BCUT2D eigenvalue weighted by molar-refractivity contribution is 5.96. The Hall–Kier alpha value is -1.32. The van der Waals surface area contributed by atoms with E-state index >= 15 is 0 Å². The number of benzene rings is 1. The Balaban J connectivity index is 2.13. The topological polar surface area (TPSA) is 17.1 Å². The predicted octanol–water partition coefficient (Wildman–Crippen LogP) is 3.87. The summed E-state index contributed by atoms with van der Waals surface area (Å²) >= 11 is 0. The molecule has 4 heteroatoms. The lowest BCUT2D eigenvalue weighted by molar-refractivity contribution is 0.0961. The molecule has 0 aromatic heterocycles. The number of halogens is 3. The van der Waals surface area contributed by atoms with Gasteiger partial charge in [-0.05, 0) is 18.1 Å². The van der Waals surface area contributed by atoms with Crippen LogP contribution in [-0.2, 0) is 0 Å². The number of hydrogen-bond acceptors (Lipinski definition) is 1. The van der Waals surface area contributed by atoms with Crippen molar-refractivity contribution in [2.75, 3.05) is 0 Å². The fourth-order valence-electron chi connectivity index (χ4n) is 2.31. The van der Waals surface area contributed by atoms with E-state index in [1.165, 1.54) is 0 Å². The minimum atomic E-state index is -1.53. The van der Waals surface area contributed by atoms with Crippen LogP contribution in [0.3, 0.4) is 0 Å². The second-order valence-electron chi connectivity index (χ2n) is 4.53. The zero-order chi connectivity index (χ0) is 12.4. The van der Waals surface area contributed by atoms with Crippen molar-refractivity contribution in [3.8, 4) is 0 Å².